The van der Waals surface area contributed by atoms with Gasteiger partial charge in [0.15, 0.2) is 0 Å². The van der Waals surface area contributed by atoms with Crippen molar-refractivity contribution < 1.29 is 229 Å². The predicted molar refractivity (Wildman–Crippen MR) is 474 cm³/mol. The van der Waals surface area contributed by atoms with Crippen molar-refractivity contribution in [2.24, 2.45) is 22.7 Å². The summed E-state index contributed by atoms with van der Waals surface area (Å²) in [6.45, 7) is 50.8. The summed E-state index contributed by atoms with van der Waals surface area (Å²) < 4.78 is 115. The van der Waals surface area contributed by atoms with Gasteiger partial charge >= 0.3 is 143 Å². The summed E-state index contributed by atoms with van der Waals surface area (Å²) in [4.78, 5) is 268. The topological polar surface area (TPSA) is 631 Å². The van der Waals surface area contributed by atoms with E-state index in [1.165, 1.54) is 27.7 Å². The van der Waals surface area contributed by atoms with Crippen molar-refractivity contribution in [2.75, 3.05) is 92.5 Å². The van der Waals surface area contributed by atoms with Crippen molar-refractivity contribution in [3.63, 3.8) is 0 Å². The van der Waals surface area contributed by atoms with Crippen LogP contribution in [0.5, 0.6) is 0 Å². The van der Waals surface area contributed by atoms with Crippen LogP contribution in [0.1, 0.15) is 174 Å². The molecule has 142 heavy (non-hydrogen) atoms. The summed E-state index contributed by atoms with van der Waals surface area (Å²) in [5.74, 6) is -14.1. The van der Waals surface area contributed by atoms with Crippen molar-refractivity contribution in [2.45, 2.75) is 234 Å². The van der Waals surface area contributed by atoms with Gasteiger partial charge in [-0.2, -0.15) is 0 Å². The number of esters is 24. The fraction of sp³-hybridized carbons (Fsp3) is 0.574. The van der Waals surface area contributed by atoms with E-state index in [4.69, 9.17) is 85.3 Å². The lowest BCUT2D eigenvalue weighted by Crippen LogP contribution is -2.35. The van der Waals surface area contributed by atoms with Gasteiger partial charge in [-0.25, -0.2) is 76.7 Å². The molecule has 48 nitrogen and oxygen atoms in total. The molecule has 0 radical (unpaired) electrons. The van der Waals surface area contributed by atoms with Crippen LogP contribution in [0, 0.1) is 22.7 Å². The summed E-state index contributed by atoms with van der Waals surface area (Å²) in [6, 6.07) is 0. The minimum atomic E-state index is -0.906. The molecule has 8 heterocycles. The van der Waals surface area contributed by atoms with Gasteiger partial charge in [0.2, 0.25) is 48.8 Å². The van der Waals surface area contributed by atoms with E-state index in [0.29, 0.717) is 25.7 Å². The Hall–Kier alpha value is -14.8. The second-order valence-electron chi connectivity index (χ2n) is 33.7. The van der Waals surface area contributed by atoms with Gasteiger partial charge < -0.3 is 114 Å². The first-order valence-corrected chi connectivity index (χ1v) is 43.7. The number of hydrogen-bond donors (Lipinski definition) is 0. The first-order chi connectivity index (χ1) is 66.2. The third-order valence-electron chi connectivity index (χ3n) is 18.4. The van der Waals surface area contributed by atoms with Crippen molar-refractivity contribution in [1.29, 1.82) is 0 Å². The summed E-state index contributed by atoms with van der Waals surface area (Å²) in [5.41, 5.74) is -1.27. The van der Waals surface area contributed by atoms with E-state index in [2.05, 4.69) is 81.1 Å². The van der Waals surface area contributed by atoms with Crippen molar-refractivity contribution in [3.05, 3.63) is 99.2 Å². The molecular weight excluding hydrogens is 1900 g/mol. The number of rotatable bonds is 40. The Balaban J connectivity index is 0.000000812. The molecule has 0 bridgehead atoms. The zero-order chi connectivity index (χ0) is 108. The number of hydrogen-bond acceptors (Lipinski definition) is 48. The highest BCUT2D eigenvalue weighted by atomic mass is 16.7. The quantitative estimate of drug-likeness (QED) is 0.0459. The second-order valence-corrected chi connectivity index (χ2v) is 33.7. The molecule has 8 rings (SSSR count). The molecule has 0 amide bonds. The Morgan fingerprint density at radius 1 is 0.296 bits per heavy atom. The average Bonchev–Trinajstić information content (AvgIpc) is 1.67. The van der Waals surface area contributed by atoms with Crippen LogP contribution in [0.4, 0.5) is 0 Å². The maximum atomic E-state index is 11.5. The summed E-state index contributed by atoms with van der Waals surface area (Å²) >= 11 is 0. The van der Waals surface area contributed by atoms with E-state index in [9.17, 15) is 115 Å². The minimum absolute atomic E-state index is 0.0910. The first kappa shape index (κ1) is 125. The molecule has 0 N–H and O–H groups in total. The summed E-state index contributed by atoms with van der Waals surface area (Å²) in [7, 11) is 0. The van der Waals surface area contributed by atoms with E-state index in [-0.39, 0.29) is 178 Å². The Morgan fingerprint density at radius 2 is 0.521 bits per heavy atom. The first-order valence-electron chi connectivity index (χ1n) is 43.7. The van der Waals surface area contributed by atoms with Crippen molar-refractivity contribution in [1.82, 2.24) is 0 Å². The molecule has 8 saturated heterocycles. The molecule has 0 aromatic carbocycles. The molecule has 48 heteroatoms. The normalized spacial score (nSPS) is 20.7. The zero-order valence-electron chi connectivity index (χ0n) is 81.7. The van der Waals surface area contributed by atoms with Crippen LogP contribution in [0.25, 0.3) is 0 Å². The van der Waals surface area contributed by atoms with Gasteiger partial charge in [0, 0.05) is 94.9 Å². The van der Waals surface area contributed by atoms with Crippen LogP contribution >= 0.6 is 0 Å². The molecule has 10 unspecified atom stereocenters. The Kier molecular flexibility index (Phi) is 55.5. The fourth-order valence-electron chi connectivity index (χ4n) is 10.8. The molecule has 8 aliphatic heterocycles. The highest BCUT2D eigenvalue weighted by Gasteiger charge is 2.49. The van der Waals surface area contributed by atoms with Gasteiger partial charge in [-0.1, -0.05) is 94.2 Å². The van der Waals surface area contributed by atoms with Gasteiger partial charge in [0.1, 0.15) is 77.3 Å². The number of cyclic esters (lactones) is 8. The molecule has 0 saturated carbocycles. The van der Waals surface area contributed by atoms with Gasteiger partial charge in [-0.05, 0) is 55.4 Å². The smallest absolute Gasteiger partial charge is 0.348 e. The molecule has 10 atom stereocenters. The summed E-state index contributed by atoms with van der Waals surface area (Å²) in [5, 5.41) is 0. The Labute approximate surface area is 817 Å². The molecule has 8 fully saturated rings. The van der Waals surface area contributed by atoms with Crippen molar-refractivity contribution >= 4 is 143 Å². The lowest BCUT2D eigenvalue weighted by Gasteiger charge is -2.21. The molecule has 0 spiro atoms. The molecule has 0 aliphatic carbocycles. The number of carbonyl (C=O) groups is 24. The molecule has 788 valence electrons. The lowest BCUT2D eigenvalue weighted by atomic mass is 9.90. The lowest BCUT2D eigenvalue weighted by molar-refractivity contribution is -0.164. The Bertz CT molecular complexity index is 4620. The van der Waals surface area contributed by atoms with Crippen LogP contribution in [-0.2, 0) is 229 Å². The number of ether oxygens (including phenoxy) is 24. The molecular formula is C94H124O48. The van der Waals surface area contributed by atoms with Gasteiger partial charge in [-0.3, -0.25) is 38.4 Å². The number of carbonyl (C=O) groups excluding carboxylic acids is 24. The van der Waals surface area contributed by atoms with Crippen LogP contribution in [-0.4, -0.2) is 296 Å². The van der Waals surface area contributed by atoms with Gasteiger partial charge in [-0.15, -0.1) is 0 Å². The highest BCUT2D eigenvalue weighted by molar-refractivity contribution is 5.91. The minimum Gasteiger partial charge on any atom is -0.463 e. The predicted octanol–water partition coefficient (Wildman–Crippen LogP) is 4.60. The van der Waals surface area contributed by atoms with Gasteiger partial charge in [0.25, 0.3) is 0 Å². The average molecular weight is 2020 g/mol. The third kappa shape index (κ3) is 50.7. The van der Waals surface area contributed by atoms with E-state index in [0.717, 1.165) is 24.3 Å². The van der Waals surface area contributed by atoms with E-state index in [1.54, 1.807) is 69.2 Å². The maximum absolute atomic E-state index is 11.5. The zero-order valence-corrected chi connectivity index (χ0v) is 81.7. The van der Waals surface area contributed by atoms with Crippen LogP contribution in [0.2, 0.25) is 0 Å². The van der Waals surface area contributed by atoms with Crippen LogP contribution in [0.3, 0.4) is 0 Å². The van der Waals surface area contributed by atoms with E-state index >= 15 is 0 Å². The molecule has 0 aromatic rings. The van der Waals surface area contributed by atoms with Crippen LogP contribution < -0.4 is 0 Å². The SMILES string of the molecule is C=C(C)C(=O)OCCC(=O)OC1C(=O)OCC1(C)C.C=C(C)C(=O)OCCC(=O)OC1C(=O)OCC1C.C=C(C)C(=O)OCCC(=O)OC1CC(C)(C)OC1=O.C=C(C)C(=O)OCCC(=O)OC1CCOC1=O.C=CC(=O)OCCC(=O)OC1C(=O)OCC1(C)C.C=CC(=O)OCCC(=O)OC1C(=O)OCC1C.C=CC(=O)OCCC(=O)OC1CC(C)(C)OC1=O.C=CC(=O)OCCC(=O)OC1CCOC1=O. The monoisotopic (exact) mass is 2020 g/mol. The van der Waals surface area contributed by atoms with Crippen LogP contribution in [0.15, 0.2) is 99.2 Å². The van der Waals surface area contributed by atoms with E-state index in [1.807, 2.05) is 0 Å². The second kappa shape index (κ2) is 63.0. The maximum Gasteiger partial charge on any atom is 0.348 e. The third-order valence-corrected chi connectivity index (χ3v) is 18.4. The molecule has 8 aliphatic rings. The highest BCUT2D eigenvalue weighted by Crippen LogP contribution is 2.34. The summed E-state index contributed by atoms with van der Waals surface area (Å²) in [6.07, 6.45) is -2.33. The van der Waals surface area contributed by atoms with E-state index < -0.39 is 214 Å². The fourth-order valence-corrected chi connectivity index (χ4v) is 10.8. The largest absolute Gasteiger partial charge is 0.463 e. The van der Waals surface area contributed by atoms with Gasteiger partial charge in [0.05, 0.1) is 77.8 Å². The molecule has 0 aromatic heterocycles. The van der Waals surface area contributed by atoms with Crippen molar-refractivity contribution in [3.8, 4) is 0 Å². The standard InChI is InChI=1S/2C13H18O6.3C12H16O6.2C11H14O6.C10H12O6/c1-8(2)11(15)17-6-5-10(14)18-9-7-13(3,4)19-12(9)16;1-8(2)11(15)17-6-5-9(14)19-10-12(16)18-7-13(10,3)4;1-7(2)11(14)16-5-4-9(13)18-10-8(3)6-17-12(10)15;1-4-9(13)16-6-5-10(14)17-8-7-12(2,3)18-11(8)15;1-4-8(13)16-6-5-9(14)18-10-11(15)17-7-12(10,2)3;1-7(2)10(13)15-6-4-9(12)17-8-3-5-16-11(8)14;1-3-8(12)15-5-4-9(13)17-10-7(2)6-16-11(10)14;1-2-8(11)14-6-4-9(12)16-7-3-5-15-10(7)13/h9H,1,5-7H2,2-4H3;10H,1,5-7H2,2-4H3;8,10H,1,4-6H2,2-3H3;4,8H,1,5-7H2,2-3H3;4,10H,1,5-7H2,2-3H3;8H,1,3-6H2,2H3;3,7,10H,1,4-6H2,2H3;2,7H,1,3-6H2. The Morgan fingerprint density at radius 3 is 0.704 bits per heavy atom.